The molecule has 10 aromatic rings. The molecule has 248 valence electrons. The summed E-state index contributed by atoms with van der Waals surface area (Å²) >= 11 is 1.09. The molecule has 0 saturated carbocycles. The zero-order valence-electron chi connectivity index (χ0n) is 34.2. The Balaban J connectivity index is 1.16. The molecule has 0 aliphatic carbocycles. The average molecular weight is 700 g/mol. The van der Waals surface area contributed by atoms with Crippen LogP contribution in [0.4, 0.5) is 0 Å². The average Bonchev–Trinajstić information content (AvgIpc) is 3.70. The highest BCUT2D eigenvalue weighted by Gasteiger charge is 2.15. The minimum absolute atomic E-state index is 0.00543. The van der Waals surface area contributed by atoms with Crippen LogP contribution in [0, 0.1) is 0 Å². The van der Waals surface area contributed by atoms with Gasteiger partial charge in [-0.25, -0.2) is 15.0 Å². The Morgan fingerprint density at radius 3 is 1.57 bits per heavy atom. The summed E-state index contributed by atoms with van der Waals surface area (Å²) in [6.07, 6.45) is 0. The predicted molar refractivity (Wildman–Crippen MR) is 223 cm³/mol. The monoisotopic (exact) mass is 699 g/mol. The van der Waals surface area contributed by atoms with Crippen LogP contribution in [0.3, 0.4) is 0 Å². The lowest BCUT2D eigenvalue weighted by Gasteiger charge is -2.11. The Labute approximate surface area is 320 Å². The van der Waals surface area contributed by atoms with Crippen LogP contribution in [-0.2, 0) is 0 Å². The van der Waals surface area contributed by atoms with Gasteiger partial charge in [-0.3, -0.25) is 0 Å². The second kappa shape index (κ2) is 13.1. The molecular formula is C49H31N3S. The van der Waals surface area contributed by atoms with E-state index in [2.05, 4.69) is 24.3 Å². The summed E-state index contributed by atoms with van der Waals surface area (Å²) in [4.78, 5) is 14.7. The molecule has 0 saturated heterocycles. The summed E-state index contributed by atoms with van der Waals surface area (Å²) in [5, 5.41) is 2.83. The Morgan fingerprint density at radius 2 is 0.868 bits per heavy atom. The molecule has 0 bridgehead atoms. The zero-order chi connectivity index (χ0) is 40.4. The number of nitrogens with zero attached hydrogens (tertiary/aromatic N) is 3. The lowest BCUT2D eigenvalue weighted by Crippen LogP contribution is -2.00. The smallest absolute Gasteiger partial charge is 0.164 e. The number of hydrogen-bond acceptors (Lipinski definition) is 4. The topological polar surface area (TPSA) is 38.7 Å². The normalized spacial score (nSPS) is 13.0. The van der Waals surface area contributed by atoms with Gasteiger partial charge in [-0.05, 0) is 62.3 Å². The third kappa shape index (κ3) is 5.85. The van der Waals surface area contributed by atoms with E-state index < -0.39 is 0 Å². The maximum Gasteiger partial charge on any atom is 0.164 e. The van der Waals surface area contributed by atoms with E-state index in [4.69, 9.17) is 17.7 Å². The molecule has 3 nitrogen and oxygen atoms in total. The molecular weight excluding hydrogens is 663 g/mol. The van der Waals surface area contributed by atoms with Crippen LogP contribution in [0.1, 0.15) is 8.22 Å². The van der Waals surface area contributed by atoms with Gasteiger partial charge < -0.3 is 0 Å². The van der Waals surface area contributed by atoms with Gasteiger partial charge in [-0.2, -0.15) is 0 Å². The molecule has 0 spiro atoms. The summed E-state index contributed by atoms with van der Waals surface area (Å²) < 4.78 is 56.0. The van der Waals surface area contributed by atoms with Gasteiger partial charge in [-0.15, -0.1) is 11.3 Å². The molecule has 0 radical (unpaired) electrons. The van der Waals surface area contributed by atoms with Crippen molar-refractivity contribution in [2.75, 3.05) is 0 Å². The fraction of sp³-hybridized carbons (Fsp3) is 0. The highest BCUT2D eigenvalue weighted by Crippen LogP contribution is 2.39. The van der Waals surface area contributed by atoms with Gasteiger partial charge in [0.1, 0.15) is 0 Å². The van der Waals surface area contributed by atoms with Crippen molar-refractivity contribution in [3.05, 3.63) is 188 Å². The fourth-order valence-electron chi connectivity index (χ4n) is 6.72. The molecule has 2 heterocycles. The van der Waals surface area contributed by atoms with Crippen LogP contribution in [0.2, 0.25) is 0 Å². The van der Waals surface area contributed by atoms with Crippen LogP contribution in [-0.4, -0.2) is 15.0 Å². The number of fused-ring (bicyclic) bond motifs is 4. The second-order valence-electron chi connectivity index (χ2n) is 12.7. The van der Waals surface area contributed by atoms with E-state index in [1.807, 2.05) is 115 Å². The SMILES string of the molecule is [2H]c1c(-c2ccccc2)c([2H])c2c(sc3c([2H])c(-c4nc(-c5ccc(-c6ccccc6)cc5)nc(-c5ccc(-c6cccc7ccccc67)cc5)n4)c([2H])c([2H])c32)c1[2H]. The van der Waals surface area contributed by atoms with E-state index >= 15 is 0 Å². The van der Waals surface area contributed by atoms with Crippen LogP contribution in [0.25, 0.3) is 98.5 Å². The molecule has 0 atom stereocenters. The van der Waals surface area contributed by atoms with Crippen molar-refractivity contribution in [1.82, 2.24) is 15.0 Å². The zero-order valence-corrected chi connectivity index (χ0v) is 29.0. The highest BCUT2D eigenvalue weighted by atomic mass is 32.1. The molecule has 2 aromatic heterocycles. The minimum atomic E-state index is -0.266. The first-order valence-corrected chi connectivity index (χ1v) is 18.1. The minimum Gasteiger partial charge on any atom is -0.208 e. The fourth-order valence-corrected chi connectivity index (χ4v) is 7.69. The van der Waals surface area contributed by atoms with E-state index in [9.17, 15) is 5.48 Å². The maximum atomic E-state index is 9.56. The standard InChI is InChI=1S/C49H31N3S/c1-3-10-32(11-4-1)34-18-22-37(23-19-34)47-50-48(38-24-20-36(21-25-38)42-17-9-15-35-14-7-8-16-41(35)42)52-49(51-47)40-26-28-43-44-30-39(33-12-5-2-6-13-33)27-29-45(44)53-46(43)31-40/h1-31H/i26D,27D,28D,29D,30D,31D. The van der Waals surface area contributed by atoms with Crippen molar-refractivity contribution in [1.29, 1.82) is 0 Å². The molecule has 0 N–H and O–H groups in total. The first kappa shape index (κ1) is 25.2. The first-order valence-electron chi connectivity index (χ1n) is 20.3. The third-order valence-corrected chi connectivity index (χ3v) is 10.4. The molecule has 0 aliphatic heterocycles. The molecule has 0 unspecified atom stereocenters. The highest BCUT2D eigenvalue weighted by molar-refractivity contribution is 7.25. The van der Waals surface area contributed by atoms with Gasteiger partial charge >= 0.3 is 0 Å². The van der Waals surface area contributed by atoms with E-state index in [0.29, 0.717) is 43.1 Å². The molecule has 0 amide bonds. The molecule has 8 aromatic carbocycles. The number of hydrogen-bond donors (Lipinski definition) is 0. The van der Waals surface area contributed by atoms with Crippen LogP contribution in [0.5, 0.6) is 0 Å². The van der Waals surface area contributed by atoms with Crippen molar-refractivity contribution in [3.8, 4) is 67.5 Å². The molecule has 10 rings (SSSR count). The van der Waals surface area contributed by atoms with Gasteiger partial charge in [0.25, 0.3) is 0 Å². The Bertz CT molecular complexity index is 3260. The van der Waals surface area contributed by atoms with E-state index in [0.717, 1.165) is 44.4 Å². The van der Waals surface area contributed by atoms with E-state index in [1.165, 1.54) is 0 Å². The third-order valence-electron chi connectivity index (χ3n) is 9.43. The second-order valence-corrected chi connectivity index (χ2v) is 13.8. The summed E-state index contributed by atoms with van der Waals surface area (Å²) in [5.74, 6) is 0.760. The number of thiophene rings is 1. The van der Waals surface area contributed by atoms with Crippen molar-refractivity contribution < 1.29 is 8.22 Å². The Morgan fingerprint density at radius 1 is 0.340 bits per heavy atom. The summed E-state index contributed by atoms with van der Waals surface area (Å²) in [6, 6.07) is 48.8. The van der Waals surface area contributed by atoms with Gasteiger partial charge in [0.15, 0.2) is 17.5 Å². The summed E-state index contributed by atoms with van der Waals surface area (Å²) in [7, 11) is 0. The van der Waals surface area contributed by atoms with Crippen molar-refractivity contribution in [2.24, 2.45) is 0 Å². The van der Waals surface area contributed by atoms with Crippen LogP contribution >= 0.6 is 11.3 Å². The van der Waals surface area contributed by atoms with Gasteiger partial charge in [0, 0.05) is 36.9 Å². The lowest BCUT2D eigenvalue weighted by atomic mass is 9.97. The summed E-state index contributed by atoms with van der Waals surface area (Å²) in [5.41, 5.74) is 6.59. The largest absolute Gasteiger partial charge is 0.208 e. The number of benzene rings is 8. The molecule has 4 heteroatoms. The first-order chi connectivity index (χ1) is 28.8. The van der Waals surface area contributed by atoms with E-state index in [1.54, 1.807) is 12.1 Å². The quantitative estimate of drug-likeness (QED) is 0.173. The van der Waals surface area contributed by atoms with E-state index in [-0.39, 0.29) is 58.6 Å². The molecule has 0 fully saturated rings. The van der Waals surface area contributed by atoms with Gasteiger partial charge in [-0.1, -0.05) is 170 Å². The van der Waals surface area contributed by atoms with Crippen molar-refractivity contribution in [3.63, 3.8) is 0 Å². The Kier molecular flexibility index (Phi) is 6.24. The molecule has 53 heavy (non-hydrogen) atoms. The van der Waals surface area contributed by atoms with Crippen molar-refractivity contribution >= 4 is 42.3 Å². The van der Waals surface area contributed by atoms with Crippen LogP contribution < -0.4 is 0 Å². The predicted octanol–water partition coefficient (Wildman–Crippen LogP) is 13.4. The maximum absolute atomic E-state index is 9.56. The summed E-state index contributed by atoms with van der Waals surface area (Å²) in [6.45, 7) is 0. The number of rotatable bonds is 6. The molecule has 0 aliphatic rings. The van der Waals surface area contributed by atoms with Gasteiger partial charge in [0.05, 0.1) is 8.22 Å². The van der Waals surface area contributed by atoms with Crippen molar-refractivity contribution in [2.45, 2.75) is 0 Å². The lowest BCUT2D eigenvalue weighted by molar-refractivity contribution is 1.07. The van der Waals surface area contributed by atoms with Crippen LogP contribution in [0.15, 0.2) is 188 Å². The number of aromatic nitrogens is 3. The van der Waals surface area contributed by atoms with Gasteiger partial charge in [0.2, 0.25) is 0 Å². The Hall–Kier alpha value is -6.75.